The molecule has 156 valence electrons. The summed E-state index contributed by atoms with van der Waals surface area (Å²) in [7, 11) is -3.40. The predicted molar refractivity (Wildman–Crippen MR) is 106 cm³/mol. The number of sulfone groups is 1. The van der Waals surface area contributed by atoms with Gasteiger partial charge in [0, 0.05) is 23.8 Å². The Morgan fingerprint density at radius 1 is 1.17 bits per heavy atom. The Morgan fingerprint density at radius 2 is 1.80 bits per heavy atom. The van der Waals surface area contributed by atoms with Crippen molar-refractivity contribution in [3.05, 3.63) is 68.7 Å². The van der Waals surface area contributed by atoms with Crippen LogP contribution in [0.3, 0.4) is 0 Å². The number of ketones is 2. The highest BCUT2D eigenvalue weighted by molar-refractivity contribution is 7.90. The first-order chi connectivity index (χ1) is 14.0. The van der Waals surface area contributed by atoms with Crippen molar-refractivity contribution in [3.8, 4) is 0 Å². The van der Waals surface area contributed by atoms with E-state index in [0.717, 1.165) is 18.4 Å². The maximum Gasteiger partial charge on any atom is 0.281 e. The van der Waals surface area contributed by atoms with E-state index in [4.69, 9.17) is 11.6 Å². The van der Waals surface area contributed by atoms with Crippen molar-refractivity contribution in [1.29, 1.82) is 0 Å². The van der Waals surface area contributed by atoms with Gasteiger partial charge in [-0.3, -0.25) is 24.5 Å². The van der Waals surface area contributed by atoms with E-state index in [2.05, 4.69) is 5.32 Å². The van der Waals surface area contributed by atoms with Crippen molar-refractivity contribution in [2.75, 3.05) is 6.26 Å². The van der Waals surface area contributed by atoms with Crippen molar-refractivity contribution in [1.82, 2.24) is 5.32 Å². The minimum atomic E-state index is -3.40. The van der Waals surface area contributed by atoms with E-state index in [9.17, 15) is 32.9 Å². The molecule has 1 heterocycles. The fourth-order valence-corrected chi connectivity index (χ4v) is 4.00. The Bertz CT molecular complexity index is 1160. The number of carbonyl (C=O) groups is 3. The molecule has 0 aromatic heterocycles. The molecule has 1 aliphatic heterocycles. The second-order valence-corrected chi connectivity index (χ2v) is 9.24. The first kappa shape index (κ1) is 21.6. The second kappa shape index (κ2) is 7.96. The molecule has 0 saturated carbocycles. The van der Waals surface area contributed by atoms with E-state index in [-0.39, 0.29) is 21.9 Å². The summed E-state index contributed by atoms with van der Waals surface area (Å²) in [6.45, 7) is 0. The van der Waals surface area contributed by atoms with Gasteiger partial charge in [0.2, 0.25) is 5.91 Å². The number of piperidine rings is 1. The van der Waals surface area contributed by atoms with Crippen molar-refractivity contribution in [2.24, 2.45) is 5.92 Å². The van der Waals surface area contributed by atoms with Gasteiger partial charge in [0.1, 0.15) is 0 Å². The van der Waals surface area contributed by atoms with Gasteiger partial charge in [-0.05, 0) is 29.8 Å². The summed E-state index contributed by atoms with van der Waals surface area (Å²) in [6, 6.07) is 8.26. The van der Waals surface area contributed by atoms with Crippen LogP contribution in [0.4, 0.5) is 5.69 Å². The van der Waals surface area contributed by atoms with Gasteiger partial charge in [0.25, 0.3) is 5.69 Å². The minimum Gasteiger partial charge on any atom is -0.348 e. The van der Waals surface area contributed by atoms with Crippen LogP contribution in [-0.2, 0) is 19.4 Å². The highest BCUT2D eigenvalue weighted by Gasteiger charge is 2.42. The Kier molecular flexibility index (Phi) is 5.73. The summed E-state index contributed by atoms with van der Waals surface area (Å²) in [5.41, 5.74) is -0.479. The van der Waals surface area contributed by atoms with E-state index in [1.807, 2.05) is 0 Å². The summed E-state index contributed by atoms with van der Waals surface area (Å²) >= 11 is 5.74. The third-order valence-electron chi connectivity index (χ3n) is 4.70. The lowest BCUT2D eigenvalue weighted by Crippen LogP contribution is -2.48. The smallest absolute Gasteiger partial charge is 0.281 e. The zero-order valence-corrected chi connectivity index (χ0v) is 17.1. The van der Waals surface area contributed by atoms with Crippen LogP contribution in [0.25, 0.3) is 0 Å². The molecule has 30 heavy (non-hydrogen) atoms. The molecule has 2 aromatic carbocycles. The van der Waals surface area contributed by atoms with Gasteiger partial charge >= 0.3 is 0 Å². The molecular formula is C19H15ClN2O7S. The topological polar surface area (TPSA) is 141 Å². The number of nitro groups is 1. The summed E-state index contributed by atoms with van der Waals surface area (Å²) in [6.07, 6.45) is 0.835. The Morgan fingerprint density at radius 3 is 2.33 bits per heavy atom. The number of benzene rings is 2. The average Bonchev–Trinajstić information content (AvgIpc) is 2.66. The highest BCUT2D eigenvalue weighted by Crippen LogP contribution is 2.30. The van der Waals surface area contributed by atoms with Crippen LogP contribution in [0, 0.1) is 16.0 Å². The molecule has 1 aliphatic rings. The number of hydrogen-bond acceptors (Lipinski definition) is 7. The maximum atomic E-state index is 12.8. The molecular weight excluding hydrogens is 436 g/mol. The molecule has 2 aromatic rings. The molecule has 0 radical (unpaired) electrons. The molecule has 1 saturated heterocycles. The third-order valence-corrected chi connectivity index (χ3v) is 6.06. The number of Topliss-reactive ketones (excluding diaryl/α,β-unsaturated/α-hetero) is 2. The largest absolute Gasteiger partial charge is 0.348 e. The van der Waals surface area contributed by atoms with Gasteiger partial charge in [0.05, 0.1) is 21.4 Å². The molecule has 0 spiro atoms. The zero-order valence-electron chi connectivity index (χ0n) is 15.5. The van der Waals surface area contributed by atoms with Crippen molar-refractivity contribution >= 4 is 44.6 Å². The first-order valence-electron chi connectivity index (χ1n) is 8.60. The Balaban J connectivity index is 1.85. The number of amides is 1. The van der Waals surface area contributed by atoms with E-state index >= 15 is 0 Å². The van der Waals surface area contributed by atoms with Gasteiger partial charge in [-0.2, -0.15) is 0 Å². The molecule has 1 amide bonds. The first-order valence-corrected chi connectivity index (χ1v) is 10.9. The highest BCUT2D eigenvalue weighted by atomic mass is 35.5. The third kappa shape index (κ3) is 4.24. The van der Waals surface area contributed by atoms with Crippen molar-refractivity contribution in [2.45, 2.75) is 17.4 Å². The normalized spacial score (nSPS) is 19.3. The Labute approximate surface area is 176 Å². The second-order valence-electron chi connectivity index (χ2n) is 6.79. The predicted octanol–water partition coefficient (Wildman–Crippen LogP) is 2.28. The Hall–Kier alpha value is -3.11. The van der Waals surface area contributed by atoms with Gasteiger partial charge in [-0.25, -0.2) is 8.42 Å². The van der Waals surface area contributed by atoms with Gasteiger partial charge in [0.15, 0.2) is 27.3 Å². The lowest BCUT2D eigenvalue weighted by Gasteiger charge is -2.27. The number of nitrogens with one attached hydrogen (secondary N) is 1. The number of nitrogens with zero attached hydrogens (tertiary/aromatic N) is 1. The molecule has 2 atom stereocenters. The number of hydrogen-bond donors (Lipinski definition) is 1. The van der Waals surface area contributed by atoms with Crippen LogP contribution in [0.15, 0.2) is 47.4 Å². The SMILES string of the molecule is CS(=O)(=O)c1ccc(C2CC(=O)C(C(=O)c3ccc(Cl)cc3[N+](=O)[O-])C(=O)N2)cc1. The number of rotatable bonds is 5. The average molecular weight is 451 g/mol. The number of carbonyl (C=O) groups excluding carboxylic acids is 3. The van der Waals surface area contributed by atoms with Gasteiger partial charge in [-0.1, -0.05) is 23.7 Å². The number of halogens is 1. The monoisotopic (exact) mass is 450 g/mol. The van der Waals surface area contributed by atoms with Crippen LogP contribution < -0.4 is 5.32 Å². The van der Waals surface area contributed by atoms with E-state index < -0.39 is 49.9 Å². The van der Waals surface area contributed by atoms with Crippen molar-refractivity contribution in [3.63, 3.8) is 0 Å². The van der Waals surface area contributed by atoms with E-state index in [0.29, 0.717) is 5.56 Å². The number of nitro benzene ring substituents is 1. The maximum absolute atomic E-state index is 12.8. The van der Waals surface area contributed by atoms with Crippen LogP contribution in [0.1, 0.15) is 28.4 Å². The lowest BCUT2D eigenvalue weighted by molar-refractivity contribution is -0.385. The summed E-state index contributed by atoms with van der Waals surface area (Å²) in [5, 5.41) is 13.8. The van der Waals surface area contributed by atoms with Crippen LogP contribution in [0.5, 0.6) is 0 Å². The summed E-state index contributed by atoms with van der Waals surface area (Å²) in [4.78, 5) is 48.4. The molecule has 9 nitrogen and oxygen atoms in total. The van der Waals surface area contributed by atoms with Crippen LogP contribution in [-0.4, -0.2) is 37.1 Å². The lowest BCUT2D eigenvalue weighted by atomic mass is 9.84. The molecule has 11 heteroatoms. The molecule has 0 bridgehead atoms. The summed E-state index contributed by atoms with van der Waals surface area (Å²) in [5.74, 6) is -4.26. The molecule has 0 aliphatic carbocycles. The van der Waals surface area contributed by atoms with E-state index in [1.165, 1.54) is 30.3 Å². The van der Waals surface area contributed by atoms with E-state index in [1.54, 1.807) is 0 Å². The van der Waals surface area contributed by atoms with Crippen LogP contribution in [0.2, 0.25) is 5.02 Å². The zero-order chi connectivity index (χ0) is 22.2. The van der Waals surface area contributed by atoms with Gasteiger partial charge < -0.3 is 5.32 Å². The standard InChI is InChI=1S/C19H15ClN2O7S/c1-30(28,29)12-5-2-10(3-6-12)14-9-16(23)17(19(25)21-14)18(24)13-7-4-11(20)8-15(13)22(26)27/h2-8,14,17H,9H2,1H3,(H,21,25). The minimum absolute atomic E-state index is 0.0373. The quantitative estimate of drug-likeness (QED) is 0.319. The molecule has 3 rings (SSSR count). The van der Waals surface area contributed by atoms with Crippen LogP contribution >= 0.6 is 11.6 Å². The fourth-order valence-electron chi connectivity index (χ4n) is 3.20. The molecule has 1 N–H and O–H groups in total. The molecule has 2 unspecified atom stereocenters. The fraction of sp³-hybridized carbons (Fsp3) is 0.211. The van der Waals surface area contributed by atoms with Crippen molar-refractivity contribution < 1.29 is 27.7 Å². The molecule has 1 fully saturated rings. The summed E-state index contributed by atoms with van der Waals surface area (Å²) < 4.78 is 23.1. The van der Waals surface area contributed by atoms with Gasteiger partial charge in [-0.15, -0.1) is 0 Å².